The molecule has 3 rings (SSSR count). The van der Waals surface area contributed by atoms with E-state index in [0.29, 0.717) is 5.57 Å². The summed E-state index contributed by atoms with van der Waals surface area (Å²) in [6.07, 6.45) is -3.44. The number of allylic oxidation sites excluding steroid dienone is 1. The highest BCUT2D eigenvalue weighted by molar-refractivity contribution is 6.21. The molecule has 2 N–H and O–H groups in total. The molecule has 6 nitrogen and oxygen atoms in total. The molecule has 1 amide bonds. The zero-order valence-corrected chi connectivity index (χ0v) is 11.8. The van der Waals surface area contributed by atoms with Gasteiger partial charge in [0.05, 0.1) is 35.0 Å². The topological polar surface area (TPSA) is 81.0 Å². The first-order valence-electron chi connectivity index (χ1n) is 6.56. The van der Waals surface area contributed by atoms with Gasteiger partial charge in [-0.3, -0.25) is 14.8 Å². The molecule has 1 aromatic heterocycles. The number of fused-ring (bicyclic) bond motifs is 1. The van der Waals surface area contributed by atoms with Gasteiger partial charge in [0.2, 0.25) is 0 Å². The maximum absolute atomic E-state index is 13.2. The maximum atomic E-state index is 13.2. The molecule has 118 valence electrons. The van der Waals surface area contributed by atoms with Gasteiger partial charge in [-0.05, 0) is 19.1 Å². The lowest BCUT2D eigenvalue weighted by atomic mass is 10.0. The first-order valence-corrected chi connectivity index (χ1v) is 6.56. The van der Waals surface area contributed by atoms with Gasteiger partial charge in [-0.1, -0.05) is 0 Å². The number of nitriles is 1. The zero-order chi connectivity index (χ0) is 16.8. The average molecular weight is 321 g/mol. The van der Waals surface area contributed by atoms with Gasteiger partial charge in [-0.25, -0.2) is 5.43 Å². The second kappa shape index (κ2) is 5.10. The van der Waals surface area contributed by atoms with Crippen LogP contribution in [0.4, 0.5) is 13.2 Å². The van der Waals surface area contributed by atoms with Gasteiger partial charge >= 0.3 is 6.18 Å². The SMILES string of the molecule is CC1=C(c2ncccc2C(F)(F)F)C(=O)NC2=C(C#N)CNN12. The van der Waals surface area contributed by atoms with Crippen molar-refractivity contribution in [2.75, 3.05) is 6.54 Å². The van der Waals surface area contributed by atoms with E-state index < -0.39 is 23.3 Å². The second-order valence-corrected chi connectivity index (χ2v) is 4.92. The molecule has 0 saturated heterocycles. The van der Waals surface area contributed by atoms with E-state index in [9.17, 15) is 18.0 Å². The van der Waals surface area contributed by atoms with Gasteiger partial charge in [0.15, 0.2) is 0 Å². The van der Waals surface area contributed by atoms with Crippen molar-refractivity contribution in [3.8, 4) is 6.07 Å². The quantitative estimate of drug-likeness (QED) is 0.819. The van der Waals surface area contributed by atoms with Crippen molar-refractivity contribution in [3.63, 3.8) is 0 Å². The summed E-state index contributed by atoms with van der Waals surface area (Å²) in [6.45, 7) is 1.68. The number of rotatable bonds is 1. The highest BCUT2D eigenvalue weighted by Crippen LogP contribution is 2.37. The average Bonchev–Trinajstić information content (AvgIpc) is 2.89. The fourth-order valence-electron chi connectivity index (χ4n) is 2.52. The minimum absolute atomic E-state index is 0.186. The normalized spacial score (nSPS) is 18.0. The monoisotopic (exact) mass is 321 g/mol. The zero-order valence-electron chi connectivity index (χ0n) is 11.8. The maximum Gasteiger partial charge on any atom is 0.418 e. The second-order valence-electron chi connectivity index (χ2n) is 4.92. The van der Waals surface area contributed by atoms with Crippen molar-refractivity contribution in [1.29, 1.82) is 5.26 Å². The molecule has 0 radical (unpaired) electrons. The van der Waals surface area contributed by atoms with E-state index in [2.05, 4.69) is 15.7 Å². The number of hydrogen-bond acceptors (Lipinski definition) is 5. The number of carbonyl (C=O) groups excluding carboxylic acids is 1. The van der Waals surface area contributed by atoms with Crippen LogP contribution in [0.25, 0.3) is 5.57 Å². The Hall–Kier alpha value is -2.86. The van der Waals surface area contributed by atoms with Crippen LogP contribution in [0.3, 0.4) is 0 Å². The summed E-state index contributed by atoms with van der Waals surface area (Å²) in [6, 6.07) is 3.97. The van der Waals surface area contributed by atoms with Crippen LogP contribution in [0.1, 0.15) is 18.2 Å². The first-order chi connectivity index (χ1) is 10.8. The molecule has 0 fully saturated rings. The predicted octanol–water partition coefficient (Wildman–Crippen LogP) is 1.52. The van der Waals surface area contributed by atoms with Crippen LogP contribution in [0.15, 0.2) is 35.4 Å². The molecule has 0 bridgehead atoms. The number of halogens is 3. The summed E-state index contributed by atoms with van der Waals surface area (Å²) in [5.74, 6) is -0.488. The standard InChI is InChI=1S/C14H10F3N5O/c1-7-10(11-9(14(15,16)17)3-2-4-19-11)13(23)21-12-8(5-18)6-20-22(7)12/h2-4,20H,6H2,1H3,(H,21,23). The van der Waals surface area contributed by atoms with Crippen LogP contribution in [-0.4, -0.2) is 22.4 Å². The van der Waals surface area contributed by atoms with Crippen LogP contribution in [-0.2, 0) is 11.0 Å². The number of amides is 1. The summed E-state index contributed by atoms with van der Waals surface area (Å²) in [4.78, 5) is 16.1. The fraction of sp³-hybridized carbons (Fsp3) is 0.214. The van der Waals surface area contributed by atoms with Crippen molar-refractivity contribution >= 4 is 11.5 Å². The van der Waals surface area contributed by atoms with Gasteiger partial charge in [0.1, 0.15) is 5.82 Å². The van der Waals surface area contributed by atoms with E-state index >= 15 is 0 Å². The summed E-state index contributed by atoms with van der Waals surface area (Å²) >= 11 is 0. The molecule has 23 heavy (non-hydrogen) atoms. The summed E-state index contributed by atoms with van der Waals surface area (Å²) in [5.41, 5.74) is 1.77. The molecule has 2 aliphatic rings. The number of pyridine rings is 1. The summed E-state index contributed by atoms with van der Waals surface area (Å²) in [5, 5.41) is 12.9. The Morgan fingerprint density at radius 1 is 1.43 bits per heavy atom. The van der Waals surface area contributed by atoms with Gasteiger partial charge in [0, 0.05) is 11.9 Å². The van der Waals surface area contributed by atoms with Gasteiger partial charge in [-0.2, -0.15) is 18.4 Å². The number of nitrogens with zero attached hydrogens (tertiary/aromatic N) is 3. The highest BCUT2D eigenvalue weighted by atomic mass is 19.4. The molecule has 0 spiro atoms. The molecule has 3 heterocycles. The Balaban J connectivity index is 2.19. The molecule has 0 atom stereocenters. The molecule has 9 heteroatoms. The lowest BCUT2D eigenvalue weighted by Crippen LogP contribution is -2.43. The van der Waals surface area contributed by atoms with Crippen LogP contribution >= 0.6 is 0 Å². The van der Waals surface area contributed by atoms with E-state index in [4.69, 9.17) is 5.26 Å². The predicted molar refractivity (Wildman–Crippen MR) is 72.5 cm³/mol. The Morgan fingerprint density at radius 3 is 2.83 bits per heavy atom. The lowest BCUT2D eigenvalue weighted by Gasteiger charge is -2.30. The Bertz CT molecular complexity index is 803. The lowest BCUT2D eigenvalue weighted by molar-refractivity contribution is -0.138. The Kier molecular flexibility index (Phi) is 3.34. The minimum Gasteiger partial charge on any atom is -0.306 e. The summed E-state index contributed by atoms with van der Waals surface area (Å²) in [7, 11) is 0. The number of nitrogens with one attached hydrogen (secondary N) is 2. The molecule has 0 saturated carbocycles. The Morgan fingerprint density at radius 2 is 2.17 bits per heavy atom. The number of alkyl halides is 3. The largest absolute Gasteiger partial charge is 0.418 e. The van der Waals surface area contributed by atoms with Crippen molar-refractivity contribution < 1.29 is 18.0 Å². The highest BCUT2D eigenvalue weighted by Gasteiger charge is 2.40. The molecule has 1 aromatic rings. The van der Waals surface area contributed by atoms with Crippen molar-refractivity contribution in [2.24, 2.45) is 0 Å². The number of carbonyl (C=O) groups is 1. The van der Waals surface area contributed by atoms with Gasteiger partial charge in [-0.15, -0.1) is 0 Å². The van der Waals surface area contributed by atoms with E-state index in [0.717, 1.165) is 12.1 Å². The van der Waals surface area contributed by atoms with Gasteiger partial charge in [0.25, 0.3) is 5.91 Å². The van der Waals surface area contributed by atoms with Crippen LogP contribution in [0, 0.1) is 11.3 Å². The van der Waals surface area contributed by atoms with Crippen molar-refractivity contribution in [3.05, 3.63) is 46.7 Å². The minimum atomic E-state index is -4.64. The van der Waals surface area contributed by atoms with Crippen molar-refractivity contribution in [2.45, 2.75) is 13.1 Å². The summed E-state index contributed by atoms with van der Waals surface area (Å²) < 4.78 is 39.5. The van der Waals surface area contributed by atoms with Crippen LogP contribution in [0.2, 0.25) is 0 Å². The molecule has 2 aliphatic heterocycles. The number of aromatic nitrogens is 1. The number of hydrazine groups is 1. The van der Waals surface area contributed by atoms with E-state index in [1.54, 1.807) is 0 Å². The van der Waals surface area contributed by atoms with Gasteiger partial charge < -0.3 is 5.32 Å². The molecule has 0 aromatic carbocycles. The van der Waals surface area contributed by atoms with E-state index in [-0.39, 0.29) is 23.6 Å². The van der Waals surface area contributed by atoms with E-state index in [1.807, 2.05) is 6.07 Å². The Labute approximate surface area is 128 Å². The molecular weight excluding hydrogens is 311 g/mol. The number of hydrogen-bond donors (Lipinski definition) is 2. The van der Waals surface area contributed by atoms with Crippen LogP contribution < -0.4 is 10.7 Å². The fourth-order valence-corrected chi connectivity index (χ4v) is 2.52. The third-order valence-corrected chi connectivity index (χ3v) is 3.56. The molecule has 0 unspecified atom stereocenters. The van der Waals surface area contributed by atoms with Crippen LogP contribution in [0.5, 0.6) is 0 Å². The molecule has 0 aliphatic carbocycles. The third kappa shape index (κ3) is 2.33. The van der Waals surface area contributed by atoms with Crippen molar-refractivity contribution in [1.82, 2.24) is 20.7 Å². The smallest absolute Gasteiger partial charge is 0.306 e. The first kappa shape index (κ1) is 15.1. The van der Waals surface area contributed by atoms with E-state index in [1.165, 1.54) is 18.1 Å². The molecular formula is C14H10F3N5O. The third-order valence-electron chi connectivity index (χ3n) is 3.56.